The molecule has 4 aliphatic heterocycles. The number of piperidine rings is 4. The van der Waals surface area contributed by atoms with E-state index in [4.69, 9.17) is 37.9 Å². The SMILES string of the molecule is CC=C(OC1CC(C)(C)N(C)C(C)(C)C1)C(=O)OCc1cc(COC(=O)C(=CC)OC2CC(C)(C)N(C)C(C)(C)C2)c(COC(=O)C(=CC)OC2CC(C)(C)N(C)C(C)(C)C2)cc1COC(=O)C(=CC)OC1CC(C)(C)N(C)C(C)(C)C1. The van der Waals surface area contributed by atoms with Crippen LogP contribution in [-0.4, -0.2) is 140 Å². The third-order valence-corrected chi connectivity index (χ3v) is 19.1. The molecule has 0 amide bonds. The molecule has 462 valence electrons. The van der Waals surface area contributed by atoms with Crippen LogP contribution < -0.4 is 0 Å². The lowest BCUT2D eigenvalue weighted by atomic mass is 9.78. The number of ether oxygens (including phenoxy) is 8. The third kappa shape index (κ3) is 16.3. The molecule has 0 N–H and O–H groups in total. The number of carbonyl (C=O) groups excluding carboxylic acids is 4. The Kier molecular flexibility index (Phi) is 21.3. The van der Waals surface area contributed by atoms with Gasteiger partial charge in [0.15, 0.2) is 0 Å². The number of rotatable bonds is 20. The second-order valence-electron chi connectivity index (χ2n) is 28.6. The highest BCUT2D eigenvalue weighted by Crippen LogP contribution is 2.43. The molecule has 0 unspecified atom stereocenters. The second-order valence-corrected chi connectivity index (χ2v) is 28.6. The summed E-state index contributed by atoms with van der Waals surface area (Å²) in [5.74, 6) is -2.40. The molecular weight excluding hydrogens is 1040 g/mol. The van der Waals surface area contributed by atoms with Crippen molar-refractivity contribution in [2.75, 3.05) is 28.2 Å². The summed E-state index contributed by atoms with van der Waals surface area (Å²) >= 11 is 0. The van der Waals surface area contributed by atoms with Crippen molar-refractivity contribution in [1.82, 2.24) is 19.6 Å². The van der Waals surface area contributed by atoms with Crippen LogP contribution in [0, 0.1) is 0 Å². The Morgan fingerprint density at radius 3 is 0.622 bits per heavy atom. The van der Waals surface area contributed by atoms with Crippen LogP contribution in [0.25, 0.3) is 0 Å². The van der Waals surface area contributed by atoms with E-state index in [9.17, 15) is 19.2 Å². The molecule has 4 aliphatic rings. The van der Waals surface area contributed by atoms with Gasteiger partial charge in [-0.2, -0.15) is 0 Å². The summed E-state index contributed by atoms with van der Waals surface area (Å²) in [5, 5.41) is 0. The number of hydrogen-bond acceptors (Lipinski definition) is 16. The number of carbonyl (C=O) groups is 4. The molecule has 16 heteroatoms. The molecule has 82 heavy (non-hydrogen) atoms. The van der Waals surface area contributed by atoms with E-state index in [0.717, 1.165) is 0 Å². The maximum Gasteiger partial charge on any atom is 0.373 e. The van der Waals surface area contributed by atoms with Crippen LogP contribution in [0.2, 0.25) is 0 Å². The molecule has 0 atom stereocenters. The van der Waals surface area contributed by atoms with E-state index in [2.05, 4.69) is 159 Å². The Bertz CT molecular complexity index is 2180. The van der Waals surface area contributed by atoms with Crippen molar-refractivity contribution < 1.29 is 57.1 Å². The van der Waals surface area contributed by atoms with Gasteiger partial charge >= 0.3 is 23.9 Å². The molecule has 0 aliphatic carbocycles. The van der Waals surface area contributed by atoms with Gasteiger partial charge in [-0.05, 0) is 225 Å². The largest absolute Gasteiger partial charge is 0.483 e. The average Bonchev–Trinajstić information content (AvgIpc) is 3.54. The zero-order valence-electron chi connectivity index (χ0n) is 54.9. The first kappa shape index (κ1) is 67.9. The summed E-state index contributed by atoms with van der Waals surface area (Å²) in [4.78, 5) is 66.0. The fourth-order valence-electron chi connectivity index (χ4n) is 13.3. The quantitative estimate of drug-likeness (QED) is 0.0526. The Labute approximate surface area is 493 Å². The van der Waals surface area contributed by atoms with Gasteiger partial charge in [-0.15, -0.1) is 0 Å². The van der Waals surface area contributed by atoms with E-state index in [-0.39, 0.29) is 118 Å². The van der Waals surface area contributed by atoms with Gasteiger partial charge in [0.05, 0.1) is 0 Å². The van der Waals surface area contributed by atoms with Gasteiger partial charge in [-0.25, -0.2) is 19.2 Å². The summed E-state index contributed by atoms with van der Waals surface area (Å²) in [5.41, 5.74) is 0.227. The maximum atomic E-state index is 14.1. The molecule has 4 heterocycles. The lowest BCUT2D eigenvalue weighted by Crippen LogP contribution is -2.60. The van der Waals surface area contributed by atoms with Gasteiger partial charge in [-0.3, -0.25) is 19.6 Å². The summed E-state index contributed by atoms with van der Waals surface area (Å²) in [6.07, 6.45) is 11.0. The zero-order valence-corrected chi connectivity index (χ0v) is 54.9. The summed E-state index contributed by atoms with van der Waals surface area (Å²) < 4.78 is 50.2. The predicted molar refractivity (Wildman–Crippen MR) is 321 cm³/mol. The highest BCUT2D eigenvalue weighted by molar-refractivity contribution is 5.87. The number of nitrogens with zero attached hydrogens (tertiary/aromatic N) is 4. The molecule has 1 aromatic carbocycles. The molecule has 0 radical (unpaired) electrons. The van der Waals surface area contributed by atoms with E-state index in [1.807, 2.05) is 0 Å². The minimum Gasteiger partial charge on any atom is -0.483 e. The molecule has 16 nitrogen and oxygen atoms in total. The summed E-state index contributed by atoms with van der Waals surface area (Å²) in [7, 11) is 8.45. The van der Waals surface area contributed by atoms with Crippen LogP contribution in [0.5, 0.6) is 0 Å². The molecule has 4 fully saturated rings. The molecule has 1 aromatic rings. The standard InChI is InChI=1S/C66H106N4O12/c1-25-51(79-47-31-59(5,6)67(21)60(7,8)32-47)55(71)75-39-43-29-45(41-77-57(73)53(27-3)81-49-35-63(13,14)69(23)64(15,16)36-49)46(42-78-58(74)54(28-4)82-50-37-65(17,18)70(24)66(19,20)38-50)30-44(43)40-76-56(72)52(26-2)80-48-33-61(9,10)68(22)62(11,12)34-48/h25-30,47-50H,31-42H2,1-24H3. The Morgan fingerprint density at radius 2 is 0.488 bits per heavy atom. The van der Waals surface area contributed by atoms with E-state index in [1.165, 1.54) is 0 Å². The minimum absolute atomic E-state index is 0.0756. The highest BCUT2D eigenvalue weighted by Gasteiger charge is 2.48. The fraction of sp³-hybridized carbons (Fsp3) is 0.727. The molecular formula is C66H106N4O12. The van der Waals surface area contributed by atoms with E-state index < -0.39 is 23.9 Å². The highest BCUT2D eigenvalue weighted by atomic mass is 16.6. The Balaban J connectivity index is 1.50. The molecule has 0 saturated carbocycles. The van der Waals surface area contributed by atoms with Gasteiger partial charge in [0.1, 0.15) is 50.8 Å². The first-order valence-corrected chi connectivity index (χ1v) is 29.8. The number of allylic oxidation sites excluding steroid dienone is 4. The normalized spacial score (nSPS) is 23.8. The van der Waals surface area contributed by atoms with Crippen molar-refractivity contribution in [1.29, 1.82) is 0 Å². The van der Waals surface area contributed by atoms with E-state index >= 15 is 0 Å². The van der Waals surface area contributed by atoms with Gasteiger partial charge in [-0.1, -0.05) is 0 Å². The van der Waals surface area contributed by atoms with E-state index in [0.29, 0.717) is 73.6 Å². The smallest absolute Gasteiger partial charge is 0.373 e. The lowest BCUT2D eigenvalue weighted by molar-refractivity contribution is -0.150. The number of benzene rings is 1. The van der Waals surface area contributed by atoms with Crippen molar-refractivity contribution in [2.24, 2.45) is 0 Å². The first-order valence-electron chi connectivity index (χ1n) is 29.8. The molecule has 5 rings (SSSR count). The summed E-state index contributed by atoms with van der Waals surface area (Å²) in [6, 6.07) is 3.46. The zero-order chi connectivity index (χ0) is 61.9. The van der Waals surface area contributed by atoms with Gasteiger partial charge in [0, 0.05) is 95.7 Å². The lowest BCUT2D eigenvalue weighted by Gasteiger charge is -2.53. The number of likely N-dealkylation sites (tertiary alicyclic amines) is 4. The second kappa shape index (κ2) is 25.8. The predicted octanol–water partition coefficient (Wildman–Crippen LogP) is 12.1. The van der Waals surface area contributed by atoms with Crippen molar-refractivity contribution >= 4 is 23.9 Å². The van der Waals surface area contributed by atoms with Crippen molar-refractivity contribution in [3.8, 4) is 0 Å². The van der Waals surface area contributed by atoms with Crippen molar-refractivity contribution in [3.63, 3.8) is 0 Å². The first-order chi connectivity index (χ1) is 37.6. The maximum absolute atomic E-state index is 14.1. The van der Waals surface area contributed by atoms with Gasteiger partial charge in [0.25, 0.3) is 0 Å². The van der Waals surface area contributed by atoms with Crippen LogP contribution in [0.3, 0.4) is 0 Å². The average molecular weight is 1150 g/mol. The fourth-order valence-corrected chi connectivity index (χ4v) is 13.3. The number of hydrogen-bond donors (Lipinski definition) is 0. The van der Waals surface area contributed by atoms with Gasteiger partial charge in [0.2, 0.25) is 23.0 Å². The molecule has 0 bridgehead atoms. The van der Waals surface area contributed by atoms with Crippen LogP contribution in [0.15, 0.2) is 59.5 Å². The molecule has 0 aromatic heterocycles. The van der Waals surface area contributed by atoms with Crippen LogP contribution >= 0.6 is 0 Å². The van der Waals surface area contributed by atoms with Crippen molar-refractivity contribution in [2.45, 2.75) is 285 Å². The molecule has 4 saturated heterocycles. The van der Waals surface area contributed by atoms with Crippen LogP contribution in [0.1, 0.15) is 212 Å². The minimum atomic E-state index is -0.676. The Hall–Kier alpha value is -4.90. The Morgan fingerprint density at radius 1 is 0.341 bits per heavy atom. The van der Waals surface area contributed by atoms with E-state index in [1.54, 1.807) is 64.1 Å². The van der Waals surface area contributed by atoms with Crippen molar-refractivity contribution in [3.05, 3.63) is 81.7 Å². The monoisotopic (exact) mass is 1150 g/mol. The van der Waals surface area contributed by atoms with Gasteiger partial charge < -0.3 is 37.9 Å². The third-order valence-electron chi connectivity index (χ3n) is 19.1. The van der Waals surface area contributed by atoms with Crippen LogP contribution in [-0.2, 0) is 83.5 Å². The number of esters is 4. The summed E-state index contributed by atoms with van der Waals surface area (Å²) in [6.45, 7) is 40.5. The topological polar surface area (TPSA) is 155 Å². The molecule has 0 spiro atoms. The van der Waals surface area contributed by atoms with Crippen LogP contribution in [0.4, 0.5) is 0 Å².